The summed E-state index contributed by atoms with van der Waals surface area (Å²) in [4.78, 5) is 23.7. The number of carbonyl (C=O) groups is 1. The van der Waals surface area contributed by atoms with Gasteiger partial charge in [-0.3, -0.25) is 15.0 Å². The van der Waals surface area contributed by atoms with E-state index < -0.39 is 11.8 Å². The lowest BCUT2D eigenvalue weighted by Gasteiger charge is -2.16. The number of aromatic nitrogens is 4. The Balaban J connectivity index is 1.10. The maximum atomic E-state index is 14.8. The topological polar surface area (TPSA) is 97.2 Å². The van der Waals surface area contributed by atoms with E-state index >= 15 is 0 Å². The van der Waals surface area contributed by atoms with Crippen molar-refractivity contribution in [1.29, 1.82) is 0 Å². The van der Waals surface area contributed by atoms with Crippen molar-refractivity contribution in [3.8, 4) is 22.8 Å². The minimum Gasteiger partial charge on any atom is -0.457 e. The van der Waals surface area contributed by atoms with Crippen LogP contribution in [0.3, 0.4) is 0 Å². The number of carbonyl (C=O) groups excluding carboxylic acids is 1. The average Bonchev–Trinajstić information content (AvgIpc) is 3.66. The highest BCUT2D eigenvalue weighted by Gasteiger charge is 2.15. The molecule has 11 heteroatoms. The van der Waals surface area contributed by atoms with Crippen molar-refractivity contribution in [2.75, 3.05) is 28.6 Å². The first-order valence-corrected chi connectivity index (χ1v) is 13.0. The first kappa shape index (κ1) is 23.9. The third kappa shape index (κ3) is 5.14. The number of nitrogens with zero attached hydrogens (tertiary/aromatic N) is 5. The highest BCUT2D eigenvalue weighted by molar-refractivity contribution is 7.22. The molecule has 0 radical (unpaired) electrons. The van der Waals surface area contributed by atoms with Gasteiger partial charge in [-0.05, 0) is 49.2 Å². The number of thiazole rings is 1. The zero-order valence-corrected chi connectivity index (χ0v) is 21.3. The van der Waals surface area contributed by atoms with Crippen molar-refractivity contribution in [2.24, 2.45) is 7.05 Å². The van der Waals surface area contributed by atoms with Crippen LogP contribution in [-0.2, 0) is 7.05 Å². The van der Waals surface area contributed by atoms with E-state index in [4.69, 9.17) is 4.74 Å². The number of nitrogens with one attached hydrogen (secondary N) is 2. The highest BCUT2D eigenvalue weighted by atomic mass is 32.1. The van der Waals surface area contributed by atoms with Crippen LogP contribution in [0.2, 0.25) is 0 Å². The van der Waals surface area contributed by atoms with Crippen molar-refractivity contribution in [3.05, 3.63) is 72.9 Å². The molecule has 1 aliphatic rings. The summed E-state index contributed by atoms with van der Waals surface area (Å²) in [6.45, 7) is 2.12. The molecule has 4 heterocycles. The van der Waals surface area contributed by atoms with Gasteiger partial charge in [-0.1, -0.05) is 11.3 Å². The molecule has 1 fully saturated rings. The number of hydrogen-bond acceptors (Lipinski definition) is 7. The Morgan fingerprint density at radius 1 is 1.05 bits per heavy atom. The van der Waals surface area contributed by atoms with E-state index in [1.54, 1.807) is 35.3 Å². The van der Waals surface area contributed by atoms with Crippen molar-refractivity contribution in [2.45, 2.75) is 12.8 Å². The summed E-state index contributed by atoms with van der Waals surface area (Å²) >= 11 is 1.38. The molecule has 0 unspecified atom stereocenters. The van der Waals surface area contributed by atoms with Gasteiger partial charge in [-0.25, -0.2) is 14.2 Å². The van der Waals surface area contributed by atoms with Crippen LogP contribution in [0.4, 0.5) is 25.7 Å². The first-order chi connectivity index (χ1) is 18.5. The maximum absolute atomic E-state index is 14.8. The smallest absolute Gasteiger partial charge is 0.325 e. The number of urea groups is 1. The zero-order chi connectivity index (χ0) is 26.1. The van der Waals surface area contributed by atoms with Crippen molar-refractivity contribution in [3.63, 3.8) is 0 Å². The van der Waals surface area contributed by atoms with Gasteiger partial charge < -0.3 is 15.0 Å². The van der Waals surface area contributed by atoms with Gasteiger partial charge in [0.25, 0.3) is 0 Å². The van der Waals surface area contributed by atoms with E-state index in [1.807, 2.05) is 19.3 Å². The monoisotopic (exact) mass is 529 g/mol. The van der Waals surface area contributed by atoms with Gasteiger partial charge >= 0.3 is 6.03 Å². The van der Waals surface area contributed by atoms with Crippen LogP contribution in [-0.4, -0.2) is 38.9 Å². The van der Waals surface area contributed by atoms with Gasteiger partial charge in [0.05, 0.1) is 27.8 Å². The summed E-state index contributed by atoms with van der Waals surface area (Å²) in [6.07, 6.45) is 7.57. The lowest BCUT2D eigenvalue weighted by molar-refractivity contribution is 0.262. The largest absolute Gasteiger partial charge is 0.457 e. The Hall–Kier alpha value is -4.51. The predicted octanol–water partition coefficient (Wildman–Crippen LogP) is 6.27. The number of amides is 2. The number of pyridine rings is 1. The maximum Gasteiger partial charge on any atom is 0.325 e. The Morgan fingerprint density at radius 2 is 1.89 bits per heavy atom. The second-order valence-electron chi connectivity index (χ2n) is 8.97. The summed E-state index contributed by atoms with van der Waals surface area (Å²) in [5.41, 5.74) is 3.53. The SMILES string of the molecule is Cn1cc(-c2cc(Oc3ccc(NC(=O)Nc4nc5ccc(N6CCCC6)cc5s4)c(F)c3)ccn2)cn1. The minimum absolute atomic E-state index is 0.0260. The fraction of sp³-hybridized carbons (Fsp3) is 0.185. The van der Waals surface area contributed by atoms with Crippen LogP contribution < -0.4 is 20.3 Å². The van der Waals surface area contributed by atoms with Gasteiger partial charge in [-0.15, -0.1) is 0 Å². The number of anilines is 3. The molecule has 0 spiro atoms. The average molecular weight is 530 g/mol. The van der Waals surface area contributed by atoms with Gasteiger partial charge in [0.1, 0.15) is 17.3 Å². The minimum atomic E-state index is -0.626. The summed E-state index contributed by atoms with van der Waals surface area (Å²) in [7, 11) is 1.83. The van der Waals surface area contributed by atoms with Gasteiger partial charge in [0, 0.05) is 55.9 Å². The number of ether oxygens (including phenoxy) is 1. The zero-order valence-electron chi connectivity index (χ0n) is 20.5. The van der Waals surface area contributed by atoms with Crippen LogP contribution in [0.5, 0.6) is 11.5 Å². The predicted molar refractivity (Wildman–Crippen MR) is 147 cm³/mol. The van der Waals surface area contributed by atoms with E-state index in [0.29, 0.717) is 16.6 Å². The third-order valence-electron chi connectivity index (χ3n) is 6.22. The fourth-order valence-corrected chi connectivity index (χ4v) is 5.27. The highest BCUT2D eigenvalue weighted by Crippen LogP contribution is 2.32. The lowest BCUT2D eigenvalue weighted by Crippen LogP contribution is -2.19. The first-order valence-electron chi connectivity index (χ1n) is 12.2. The summed E-state index contributed by atoms with van der Waals surface area (Å²) in [6, 6.07) is 13.2. The number of halogens is 1. The van der Waals surface area contributed by atoms with Crippen LogP contribution in [0.25, 0.3) is 21.5 Å². The molecule has 1 saturated heterocycles. The number of fused-ring (bicyclic) bond motifs is 1. The molecule has 0 aliphatic carbocycles. The molecule has 5 aromatic rings. The van der Waals surface area contributed by atoms with E-state index in [-0.39, 0.29) is 11.4 Å². The second kappa shape index (κ2) is 10.1. The van der Waals surface area contributed by atoms with Crippen molar-refractivity contribution >= 4 is 44.1 Å². The third-order valence-corrected chi connectivity index (χ3v) is 7.15. The van der Waals surface area contributed by atoms with Crippen molar-refractivity contribution in [1.82, 2.24) is 19.7 Å². The normalized spacial score (nSPS) is 13.2. The number of aryl methyl sites for hydroxylation is 1. The van der Waals surface area contributed by atoms with Gasteiger partial charge in [0.15, 0.2) is 5.13 Å². The fourth-order valence-electron chi connectivity index (χ4n) is 4.37. The Bertz CT molecular complexity index is 1630. The number of hydrogen-bond donors (Lipinski definition) is 2. The van der Waals surface area contributed by atoms with Crippen LogP contribution >= 0.6 is 11.3 Å². The molecule has 2 N–H and O–H groups in total. The van der Waals surface area contributed by atoms with Crippen LogP contribution in [0.1, 0.15) is 12.8 Å². The van der Waals surface area contributed by atoms with E-state index in [1.165, 1.54) is 42.0 Å². The Kier molecular flexibility index (Phi) is 6.34. The molecule has 2 aromatic carbocycles. The molecule has 1 aliphatic heterocycles. The van der Waals surface area contributed by atoms with Crippen LogP contribution in [0.15, 0.2) is 67.1 Å². The molecular formula is C27H24FN7O2S. The van der Waals surface area contributed by atoms with E-state index in [2.05, 4.69) is 42.7 Å². The number of benzene rings is 2. The quantitative estimate of drug-likeness (QED) is 0.269. The molecule has 2 amide bonds. The Morgan fingerprint density at radius 3 is 2.68 bits per heavy atom. The van der Waals surface area contributed by atoms with Crippen molar-refractivity contribution < 1.29 is 13.9 Å². The summed E-state index contributed by atoms with van der Waals surface area (Å²) in [5, 5.41) is 9.84. The molecule has 9 nitrogen and oxygen atoms in total. The van der Waals surface area contributed by atoms with E-state index in [9.17, 15) is 9.18 Å². The molecule has 0 bridgehead atoms. The summed E-state index contributed by atoms with van der Waals surface area (Å²) in [5.74, 6) is 0.163. The van der Waals surface area contributed by atoms with Gasteiger partial charge in [0.2, 0.25) is 0 Å². The molecule has 0 saturated carbocycles. The van der Waals surface area contributed by atoms with Crippen LogP contribution in [0, 0.1) is 5.82 Å². The molecule has 3 aromatic heterocycles. The Labute approximate surface area is 221 Å². The van der Waals surface area contributed by atoms with E-state index in [0.717, 1.165) is 28.9 Å². The molecule has 6 rings (SSSR count). The second-order valence-corrected chi connectivity index (χ2v) is 10.00. The molecule has 192 valence electrons. The number of rotatable bonds is 6. The van der Waals surface area contributed by atoms with Gasteiger partial charge in [-0.2, -0.15) is 5.10 Å². The molecule has 38 heavy (non-hydrogen) atoms. The molecular weight excluding hydrogens is 505 g/mol. The standard InChI is InChI=1S/C27H24FN7O2S/c1-34-16-17(15-30-34)24-14-20(8-9-29-24)37-19-5-7-22(21(28)13-19)31-26(36)33-27-32-23-6-4-18(12-25(23)38-27)35-10-2-3-11-35/h4-9,12-16H,2-3,10-11H2,1H3,(H2,31,32,33,36). The molecule has 0 atom stereocenters. The summed E-state index contributed by atoms with van der Waals surface area (Å²) < 4.78 is 23.3. The lowest BCUT2D eigenvalue weighted by atomic mass is 10.2.